The molecule has 0 nitrogen and oxygen atoms in total. The Morgan fingerprint density at radius 1 is 0.469 bits per heavy atom. The van der Waals surface area contributed by atoms with Crippen molar-refractivity contribution in [3.05, 3.63) is 118 Å². The molecule has 0 N–H and O–H groups in total. The van der Waals surface area contributed by atoms with Gasteiger partial charge in [0.2, 0.25) is 0 Å². The molecule has 2 aliphatic carbocycles. The molecular weight excluding hydrogens is 424 g/mol. The van der Waals surface area contributed by atoms with Crippen LogP contribution in [0.3, 0.4) is 0 Å². The summed E-state index contributed by atoms with van der Waals surface area (Å²) in [6.07, 6.45) is 2.19. The number of rotatable bonds is 2. The van der Waals surface area contributed by atoms with Crippen LogP contribution in [-0.2, 0) is 12.8 Å². The van der Waals surface area contributed by atoms with Crippen molar-refractivity contribution in [1.29, 1.82) is 0 Å². The van der Waals surface area contributed by atoms with Crippen LogP contribution in [0.4, 0.5) is 0 Å². The van der Waals surface area contributed by atoms with Crippen molar-refractivity contribution in [2.45, 2.75) is 23.3 Å². The lowest BCUT2D eigenvalue weighted by molar-refractivity contribution is 0.998. The van der Waals surface area contributed by atoms with Gasteiger partial charge in [-0.15, -0.1) is 0 Å². The van der Waals surface area contributed by atoms with Crippen LogP contribution in [0, 0.1) is 0 Å². The predicted molar refractivity (Wildman–Crippen MR) is 140 cm³/mol. The van der Waals surface area contributed by atoms with Gasteiger partial charge in [0.05, 0.1) is 0 Å². The van der Waals surface area contributed by atoms with Gasteiger partial charge in [-0.2, -0.15) is 23.5 Å². The van der Waals surface area contributed by atoms with E-state index >= 15 is 0 Å². The fourth-order valence-corrected chi connectivity index (χ4v) is 9.05. The monoisotopic (exact) mass is 448 g/mol. The lowest BCUT2D eigenvalue weighted by atomic mass is 9.99. The smallest absolute Gasteiger partial charge is 0.0391 e. The van der Waals surface area contributed by atoms with E-state index < -0.39 is 0 Å². The van der Waals surface area contributed by atoms with Gasteiger partial charge in [0.25, 0.3) is 0 Å². The zero-order valence-corrected chi connectivity index (χ0v) is 19.5. The lowest BCUT2D eigenvalue weighted by Gasteiger charge is -2.30. The Bertz CT molecular complexity index is 1240. The van der Waals surface area contributed by atoms with E-state index in [-0.39, 0.29) is 0 Å². The molecular formula is C30H24S2. The third-order valence-corrected chi connectivity index (χ3v) is 10.5. The molecule has 0 radical (unpaired) electrons. The maximum Gasteiger partial charge on any atom is 0.0391 e. The minimum atomic E-state index is 0.592. The van der Waals surface area contributed by atoms with Gasteiger partial charge in [-0.1, -0.05) is 84.9 Å². The summed E-state index contributed by atoms with van der Waals surface area (Å²) in [5, 5.41) is 1.18. The Kier molecular flexibility index (Phi) is 4.52. The molecule has 1 saturated heterocycles. The topological polar surface area (TPSA) is 0 Å². The summed E-state index contributed by atoms with van der Waals surface area (Å²) in [4.78, 5) is 0. The Balaban J connectivity index is 1.15. The van der Waals surface area contributed by atoms with Crippen molar-refractivity contribution >= 4 is 23.5 Å². The molecule has 0 saturated carbocycles. The van der Waals surface area contributed by atoms with Gasteiger partial charge in [0.15, 0.2) is 0 Å². The quantitative estimate of drug-likeness (QED) is 0.262. The Labute approximate surface area is 198 Å². The molecule has 4 aromatic carbocycles. The first-order chi connectivity index (χ1) is 15.9. The third-order valence-electron chi connectivity index (χ3n) is 7.37. The Morgan fingerprint density at radius 2 is 0.906 bits per heavy atom. The van der Waals surface area contributed by atoms with E-state index in [9.17, 15) is 0 Å². The van der Waals surface area contributed by atoms with E-state index in [2.05, 4.69) is 108 Å². The van der Waals surface area contributed by atoms with E-state index in [1.807, 2.05) is 0 Å². The molecule has 3 aliphatic rings. The first-order valence-electron chi connectivity index (χ1n) is 11.5. The zero-order chi connectivity index (χ0) is 21.1. The zero-order valence-electron chi connectivity index (χ0n) is 17.9. The maximum absolute atomic E-state index is 2.39. The Hall–Kier alpha value is -2.42. The molecule has 4 aromatic rings. The van der Waals surface area contributed by atoms with Crippen molar-refractivity contribution in [3.8, 4) is 22.3 Å². The van der Waals surface area contributed by atoms with Crippen LogP contribution in [0.25, 0.3) is 22.3 Å². The average molecular weight is 449 g/mol. The molecule has 1 fully saturated rings. The molecule has 7 rings (SSSR count). The van der Waals surface area contributed by atoms with Crippen LogP contribution in [0.15, 0.2) is 84.9 Å². The summed E-state index contributed by atoms with van der Waals surface area (Å²) >= 11 is 4.34. The van der Waals surface area contributed by atoms with Crippen molar-refractivity contribution in [3.63, 3.8) is 0 Å². The molecule has 32 heavy (non-hydrogen) atoms. The SMILES string of the molecule is c1ccc2c(c1)Cc1c-2cccc1C1CSC(c2cccc3c2Cc2ccccc2-3)CS1. The number of hydrogen-bond donors (Lipinski definition) is 0. The molecule has 2 unspecified atom stereocenters. The highest BCUT2D eigenvalue weighted by atomic mass is 32.2. The van der Waals surface area contributed by atoms with Gasteiger partial charge < -0.3 is 0 Å². The highest BCUT2D eigenvalue weighted by molar-refractivity contribution is 8.06. The van der Waals surface area contributed by atoms with Crippen molar-refractivity contribution in [1.82, 2.24) is 0 Å². The van der Waals surface area contributed by atoms with Crippen LogP contribution >= 0.6 is 23.5 Å². The molecule has 0 amide bonds. The number of benzene rings is 4. The summed E-state index contributed by atoms with van der Waals surface area (Å²) in [6.45, 7) is 0. The van der Waals surface area contributed by atoms with Crippen LogP contribution < -0.4 is 0 Å². The average Bonchev–Trinajstić information content (AvgIpc) is 3.42. The fourth-order valence-electron chi connectivity index (χ4n) is 5.83. The van der Waals surface area contributed by atoms with Gasteiger partial charge in [-0.3, -0.25) is 0 Å². The van der Waals surface area contributed by atoms with Crippen molar-refractivity contribution in [2.75, 3.05) is 11.5 Å². The van der Waals surface area contributed by atoms with Crippen molar-refractivity contribution in [2.24, 2.45) is 0 Å². The Morgan fingerprint density at radius 3 is 1.38 bits per heavy atom. The van der Waals surface area contributed by atoms with E-state index in [0.717, 1.165) is 12.8 Å². The van der Waals surface area contributed by atoms with Gasteiger partial charge in [0.1, 0.15) is 0 Å². The first-order valence-corrected chi connectivity index (χ1v) is 13.6. The molecule has 2 heteroatoms. The van der Waals surface area contributed by atoms with E-state index in [4.69, 9.17) is 0 Å². The van der Waals surface area contributed by atoms with Crippen LogP contribution in [0.1, 0.15) is 43.9 Å². The highest BCUT2D eigenvalue weighted by Gasteiger charge is 2.31. The number of thioether (sulfide) groups is 2. The number of fused-ring (bicyclic) bond motifs is 6. The van der Waals surface area contributed by atoms with E-state index in [0.29, 0.717) is 10.5 Å². The molecule has 156 valence electrons. The van der Waals surface area contributed by atoms with Crippen molar-refractivity contribution < 1.29 is 0 Å². The normalized spacial score (nSPS) is 20.4. The van der Waals surface area contributed by atoms with Crippen LogP contribution in [-0.4, -0.2) is 11.5 Å². The summed E-state index contributed by atoms with van der Waals surface area (Å²) in [5.41, 5.74) is 15.1. The minimum absolute atomic E-state index is 0.592. The van der Waals surface area contributed by atoms with E-state index in [1.54, 1.807) is 22.3 Å². The van der Waals surface area contributed by atoms with Gasteiger partial charge in [-0.25, -0.2) is 0 Å². The maximum atomic E-state index is 2.39. The van der Waals surface area contributed by atoms with Crippen LogP contribution in [0.5, 0.6) is 0 Å². The highest BCUT2D eigenvalue weighted by Crippen LogP contribution is 2.51. The fraction of sp³-hybridized carbons (Fsp3) is 0.200. The molecule has 0 spiro atoms. The predicted octanol–water partition coefficient (Wildman–Crippen LogP) is 8.09. The summed E-state index contributed by atoms with van der Waals surface area (Å²) < 4.78 is 0. The molecule has 0 bridgehead atoms. The molecule has 0 aromatic heterocycles. The second-order valence-electron chi connectivity index (χ2n) is 9.06. The summed E-state index contributed by atoms with van der Waals surface area (Å²) in [5.74, 6) is 2.39. The molecule has 1 aliphatic heterocycles. The number of hydrogen-bond acceptors (Lipinski definition) is 2. The van der Waals surface area contributed by atoms with Gasteiger partial charge >= 0.3 is 0 Å². The summed E-state index contributed by atoms with van der Waals surface area (Å²) in [6, 6.07) is 31.8. The first kappa shape index (κ1) is 19.1. The summed E-state index contributed by atoms with van der Waals surface area (Å²) in [7, 11) is 0. The third kappa shape index (κ3) is 2.93. The minimum Gasteiger partial charge on any atom is -0.151 e. The van der Waals surface area contributed by atoms with E-state index in [1.165, 1.54) is 44.9 Å². The second-order valence-corrected chi connectivity index (χ2v) is 11.5. The molecule has 1 heterocycles. The van der Waals surface area contributed by atoms with Gasteiger partial charge in [-0.05, 0) is 68.5 Å². The standard InChI is InChI=1S/C30H24S2/c1-3-9-21-19(7-1)15-27-23(21)11-5-13-25(27)29-17-32-30(18-31-29)26-14-6-12-24-22-10-4-2-8-20(22)16-28(24)26/h1-14,29-30H,15-18H2. The van der Waals surface area contributed by atoms with Crippen LogP contribution in [0.2, 0.25) is 0 Å². The lowest BCUT2D eigenvalue weighted by Crippen LogP contribution is -2.13. The molecule has 2 atom stereocenters. The second kappa shape index (κ2) is 7.57. The van der Waals surface area contributed by atoms with Gasteiger partial charge in [0, 0.05) is 22.0 Å². The largest absolute Gasteiger partial charge is 0.151 e.